The molecule has 0 bridgehead atoms. The van der Waals surface area contributed by atoms with E-state index in [-0.39, 0.29) is 5.76 Å². The van der Waals surface area contributed by atoms with Crippen LogP contribution in [0.4, 0.5) is 0 Å². The summed E-state index contributed by atoms with van der Waals surface area (Å²) in [6, 6.07) is 3.73. The number of aromatic nitrogens is 1. The predicted molar refractivity (Wildman–Crippen MR) is 50.0 cm³/mol. The molecule has 1 aromatic rings. The average Bonchev–Trinajstić information content (AvgIpc) is 2.04. The topological polar surface area (TPSA) is 33.1 Å². The quantitative estimate of drug-likeness (QED) is 0.680. The lowest BCUT2D eigenvalue weighted by Gasteiger charge is -2.04. The number of hydrogen-bond donors (Lipinski definition) is 1. The molecule has 0 aliphatic rings. The van der Waals surface area contributed by atoms with E-state index in [0.717, 1.165) is 0 Å². The summed E-state index contributed by atoms with van der Waals surface area (Å²) in [6.45, 7) is 7.60. The number of pyridine rings is 1. The first-order valence-electron chi connectivity index (χ1n) is 3.95. The van der Waals surface area contributed by atoms with Crippen molar-refractivity contribution in [2.45, 2.75) is 19.8 Å². The van der Waals surface area contributed by atoms with Crippen molar-refractivity contribution in [2.24, 2.45) is 0 Å². The Balaban J connectivity index is 2.93. The second-order valence-electron chi connectivity index (χ2n) is 3.08. The van der Waals surface area contributed by atoms with Crippen LogP contribution >= 0.6 is 0 Å². The number of aliphatic hydroxyl groups is 1. The summed E-state index contributed by atoms with van der Waals surface area (Å²) >= 11 is 0. The zero-order valence-electron chi connectivity index (χ0n) is 7.41. The Morgan fingerprint density at radius 3 is 2.50 bits per heavy atom. The molecule has 0 saturated heterocycles. The van der Waals surface area contributed by atoms with E-state index < -0.39 is 0 Å². The van der Waals surface area contributed by atoms with Gasteiger partial charge < -0.3 is 5.11 Å². The van der Waals surface area contributed by atoms with Crippen LogP contribution in [-0.4, -0.2) is 10.1 Å². The molecule has 1 rings (SSSR count). The summed E-state index contributed by atoms with van der Waals surface area (Å²) in [5, 5.41) is 9.00. The van der Waals surface area contributed by atoms with Gasteiger partial charge in [0.15, 0.2) is 0 Å². The molecule has 1 heterocycles. The standard InChI is InChI=1S/C10H13NO/c1-7(2)9-4-5-10(8(3)12)11-6-9/h4-7,12H,3H2,1-2H3. The van der Waals surface area contributed by atoms with Gasteiger partial charge in [0.25, 0.3) is 0 Å². The minimum Gasteiger partial charge on any atom is -0.506 e. The highest BCUT2D eigenvalue weighted by Gasteiger charge is 2.00. The van der Waals surface area contributed by atoms with E-state index in [4.69, 9.17) is 5.11 Å². The summed E-state index contributed by atoms with van der Waals surface area (Å²) < 4.78 is 0. The van der Waals surface area contributed by atoms with Crippen LogP contribution in [0.5, 0.6) is 0 Å². The summed E-state index contributed by atoms with van der Waals surface area (Å²) in [6.07, 6.45) is 1.77. The zero-order valence-corrected chi connectivity index (χ0v) is 7.41. The van der Waals surface area contributed by atoms with E-state index in [1.54, 1.807) is 12.3 Å². The van der Waals surface area contributed by atoms with Crippen LogP contribution in [0, 0.1) is 0 Å². The SMILES string of the molecule is C=C(O)c1ccc(C(C)C)cn1. The van der Waals surface area contributed by atoms with Crippen molar-refractivity contribution in [3.8, 4) is 0 Å². The van der Waals surface area contributed by atoms with Crippen LogP contribution < -0.4 is 0 Å². The lowest BCUT2D eigenvalue weighted by molar-refractivity contribution is 0.510. The van der Waals surface area contributed by atoms with Crippen LogP contribution in [0.25, 0.3) is 5.76 Å². The Morgan fingerprint density at radius 1 is 1.50 bits per heavy atom. The van der Waals surface area contributed by atoms with E-state index in [0.29, 0.717) is 11.6 Å². The van der Waals surface area contributed by atoms with Gasteiger partial charge in [-0.25, -0.2) is 0 Å². The summed E-state index contributed by atoms with van der Waals surface area (Å²) in [7, 11) is 0. The molecule has 12 heavy (non-hydrogen) atoms. The fourth-order valence-electron chi connectivity index (χ4n) is 0.918. The van der Waals surface area contributed by atoms with Crippen LogP contribution in [0.2, 0.25) is 0 Å². The Hall–Kier alpha value is -1.31. The molecule has 2 heteroatoms. The molecule has 1 aromatic heterocycles. The van der Waals surface area contributed by atoms with Crippen LogP contribution in [0.3, 0.4) is 0 Å². The highest BCUT2D eigenvalue weighted by atomic mass is 16.3. The summed E-state index contributed by atoms with van der Waals surface area (Å²) in [4.78, 5) is 4.05. The first-order valence-corrected chi connectivity index (χ1v) is 3.95. The van der Waals surface area contributed by atoms with Gasteiger partial charge in [-0.15, -0.1) is 0 Å². The molecule has 1 N–H and O–H groups in total. The fraction of sp³-hybridized carbons (Fsp3) is 0.300. The normalized spacial score (nSPS) is 10.2. The monoisotopic (exact) mass is 163 g/mol. The third-order valence-corrected chi connectivity index (χ3v) is 1.75. The summed E-state index contributed by atoms with van der Waals surface area (Å²) in [5.41, 5.74) is 1.71. The molecule has 2 nitrogen and oxygen atoms in total. The fourth-order valence-corrected chi connectivity index (χ4v) is 0.918. The minimum absolute atomic E-state index is 0.0188. The predicted octanol–water partition coefficient (Wildman–Crippen LogP) is 2.73. The lowest BCUT2D eigenvalue weighted by atomic mass is 10.1. The summed E-state index contributed by atoms with van der Waals surface area (Å²) in [5.74, 6) is 0.490. The molecule has 0 aromatic carbocycles. The van der Waals surface area contributed by atoms with Gasteiger partial charge in [0.2, 0.25) is 0 Å². The van der Waals surface area contributed by atoms with E-state index in [9.17, 15) is 0 Å². The van der Waals surface area contributed by atoms with Gasteiger partial charge in [0.05, 0.1) is 0 Å². The lowest BCUT2D eigenvalue weighted by Crippen LogP contribution is -1.91. The van der Waals surface area contributed by atoms with Crippen molar-refractivity contribution < 1.29 is 5.11 Å². The van der Waals surface area contributed by atoms with Gasteiger partial charge in [-0.1, -0.05) is 26.5 Å². The molecular weight excluding hydrogens is 150 g/mol. The maximum absolute atomic E-state index is 9.00. The maximum atomic E-state index is 9.00. The van der Waals surface area contributed by atoms with E-state index in [2.05, 4.69) is 25.4 Å². The van der Waals surface area contributed by atoms with E-state index in [1.807, 2.05) is 6.07 Å². The van der Waals surface area contributed by atoms with Crippen molar-refractivity contribution in [1.82, 2.24) is 4.98 Å². The van der Waals surface area contributed by atoms with Gasteiger partial charge in [-0.2, -0.15) is 0 Å². The number of hydrogen-bond acceptors (Lipinski definition) is 2. The molecule has 0 radical (unpaired) electrons. The first kappa shape index (κ1) is 8.78. The number of nitrogens with zero attached hydrogens (tertiary/aromatic N) is 1. The molecule has 0 spiro atoms. The van der Waals surface area contributed by atoms with Crippen molar-refractivity contribution in [3.63, 3.8) is 0 Å². The van der Waals surface area contributed by atoms with Gasteiger partial charge in [-0.3, -0.25) is 4.98 Å². The zero-order chi connectivity index (χ0) is 9.14. The van der Waals surface area contributed by atoms with Crippen LogP contribution in [-0.2, 0) is 0 Å². The Kier molecular flexibility index (Phi) is 2.48. The second-order valence-corrected chi connectivity index (χ2v) is 3.08. The van der Waals surface area contributed by atoms with E-state index in [1.165, 1.54) is 5.56 Å². The molecule has 0 saturated carbocycles. The van der Waals surface area contributed by atoms with Crippen molar-refractivity contribution >= 4 is 5.76 Å². The molecule has 0 aliphatic heterocycles. The van der Waals surface area contributed by atoms with Crippen molar-refractivity contribution in [3.05, 3.63) is 36.2 Å². The Morgan fingerprint density at radius 2 is 2.17 bits per heavy atom. The maximum Gasteiger partial charge on any atom is 0.134 e. The number of rotatable bonds is 2. The first-order chi connectivity index (χ1) is 5.61. The van der Waals surface area contributed by atoms with Gasteiger partial charge in [0, 0.05) is 6.20 Å². The highest BCUT2D eigenvalue weighted by molar-refractivity contribution is 5.51. The minimum atomic E-state index is 0.0188. The van der Waals surface area contributed by atoms with Crippen LogP contribution in [0.1, 0.15) is 31.0 Å². The molecule has 0 atom stereocenters. The molecule has 0 amide bonds. The number of aliphatic hydroxyl groups excluding tert-OH is 1. The van der Waals surface area contributed by atoms with Crippen molar-refractivity contribution in [2.75, 3.05) is 0 Å². The average molecular weight is 163 g/mol. The smallest absolute Gasteiger partial charge is 0.134 e. The third kappa shape index (κ3) is 1.84. The molecule has 0 unspecified atom stereocenters. The van der Waals surface area contributed by atoms with Crippen molar-refractivity contribution in [1.29, 1.82) is 0 Å². The third-order valence-electron chi connectivity index (χ3n) is 1.75. The highest BCUT2D eigenvalue weighted by Crippen LogP contribution is 2.14. The Bertz CT molecular complexity index is 274. The van der Waals surface area contributed by atoms with E-state index >= 15 is 0 Å². The molecule has 0 fully saturated rings. The molecule has 0 aliphatic carbocycles. The van der Waals surface area contributed by atoms with Crippen LogP contribution in [0.15, 0.2) is 24.9 Å². The largest absolute Gasteiger partial charge is 0.506 e. The van der Waals surface area contributed by atoms with Gasteiger partial charge in [-0.05, 0) is 17.5 Å². The molecule has 64 valence electrons. The molecular formula is C10H13NO. The van der Waals surface area contributed by atoms with Gasteiger partial charge >= 0.3 is 0 Å². The second kappa shape index (κ2) is 3.39. The Labute approximate surface area is 72.6 Å². The van der Waals surface area contributed by atoms with Gasteiger partial charge in [0.1, 0.15) is 11.5 Å².